The number of aromatic amines is 1. The molecule has 0 aliphatic carbocycles. The molecule has 1 aliphatic heterocycles. The average Bonchev–Trinajstić information content (AvgIpc) is 3.25. The summed E-state index contributed by atoms with van der Waals surface area (Å²) in [6.07, 6.45) is 0. The van der Waals surface area contributed by atoms with Gasteiger partial charge in [-0.05, 0) is 37.4 Å². The number of hydrogen-bond acceptors (Lipinski definition) is 6. The molecule has 1 amide bonds. The highest BCUT2D eigenvalue weighted by Crippen LogP contribution is 2.31. The smallest absolute Gasteiger partial charge is 0.260 e. The van der Waals surface area contributed by atoms with Crippen molar-refractivity contribution in [2.75, 3.05) is 50.6 Å². The summed E-state index contributed by atoms with van der Waals surface area (Å²) in [6.45, 7) is 3.74. The highest BCUT2D eigenvalue weighted by molar-refractivity contribution is 6.09. The first-order valence-electron chi connectivity index (χ1n) is 11.4. The van der Waals surface area contributed by atoms with Crippen LogP contribution in [-0.4, -0.2) is 61.3 Å². The molecule has 0 spiro atoms. The van der Waals surface area contributed by atoms with Crippen molar-refractivity contribution < 1.29 is 23.0 Å². The third-order valence-corrected chi connectivity index (χ3v) is 6.14. The molecule has 37 heavy (non-hydrogen) atoms. The third kappa shape index (κ3) is 5.76. The van der Waals surface area contributed by atoms with E-state index in [9.17, 15) is 13.6 Å². The maximum atomic E-state index is 13.5. The minimum atomic E-state index is -0.741. The van der Waals surface area contributed by atoms with Crippen molar-refractivity contribution in [3.8, 4) is 17.2 Å². The number of H-pyrrole nitrogens is 1. The van der Waals surface area contributed by atoms with Crippen molar-refractivity contribution in [1.82, 2.24) is 15.1 Å². The van der Waals surface area contributed by atoms with Gasteiger partial charge >= 0.3 is 0 Å². The Balaban J connectivity index is 0.00000320. The predicted molar refractivity (Wildman–Crippen MR) is 140 cm³/mol. The molecule has 0 radical (unpaired) electrons. The van der Waals surface area contributed by atoms with E-state index in [2.05, 4.69) is 32.4 Å². The molecule has 194 valence electrons. The van der Waals surface area contributed by atoms with Gasteiger partial charge in [-0.15, -0.1) is 12.4 Å². The fraction of sp³-hybridized carbons (Fsp3) is 0.231. The Kier molecular flexibility index (Phi) is 7.80. The number of nitrogens with one attached hydrogen (secondary N) is 2. The highest BCUT2D eigenvalue weighted by Gasteiger charge is 2.20. The Morgan fingerprint density at radius 3 is 2.41 bits per heavy atom. The van der Waals surface area contributed by atoms with Gasteiger partial charge in [0.1, 0.15) is 28.9 Å². The van der Waals surface area contributed by atoms with Crippen molar-refractivity contribution in [3.63, 3.8) is 0 Å². The molecule has 1 saturated heterocycles. The van der Waals surface area contributed by atoms with Gasteiger partial charge in [-0.2, -0.15) is 5.10 Å². The summed E-state index contributed by atoms with van der Waals surface area (Å²) in [4.78, 5) is 17.7. The van der Waals surface area contributed by atoms with Gasteiger partial charge in [0.2, 0.25) is 0 Å². The average molecular weight is 530 g/mol. The van der Waals surface area contributed by atoms with Crippen LogP contribution in [-0.2, 0) is 0 Å². The van der Waals surface area contributed by atoms with Gasteiger partial charge in [0, 0.05) is 61.5 Å². The first-order valence-corrected chi connectivity index (χ1v) is 11.4. The molecule has 5 rings (SSSR count). The number of amides is 1. The predicted octanol–water partition coefficient (Wildman–Crippen LogP) is 5.07. The zero-order chi connectivity index (χ0) is 25.2. The van der Waals surface area contributed by atoms with Crippen LogP contribution in [0.5, 0.6) is 17.2 Å². The molecule has 0 saturated carbocycles. The van der Waals surface area contributed by atoms with Crippen LogP contribution in [0.1, 0.15) is 10.4 Å². The number of likely N-dealkylation sites (N-methyl/N-ethyl adjacent to an activating group) is 1. The van der Waals surface area contributed by atoms with Crippen molar-refractivity contribution in [3.05, 3.63) is 71.8 Å². The van der Waals surface area contributed by atoms with E-state index in [1.165, 1.54) is 7.11 Å². The summed E-state index contributed by atoms with van der Waals surface area (Å²) >= 11 is 0. The molecule has 4 aromatic rings. The molecule has 11 heteroatoms. The Morgan fingerprint density at radius 2 is 1.70 bits per heavy atom. The largest absolute Gasteiger partial charge is 0.496 e. The molecule has 0 unspecified atom stereocenters. The minimum Gasteiger partial charge on any atom is -0.496 e. The molecule has 2 N–H and O–H groups in total. The number of ether oxygens (including phenoxy) is 2. The number of carbonyl (C=O) groups excluding carboxylic acids is 1. The van der Waals surface area contributed by atoms with E-state index in [0.29, 0.717) is 28.0 Å². The number of fused-ring (bicyclic) bond motifs is 1. The van der Waals surface area contributed by atoms with Crippen molar-refractivity contribution in [2.45, 2.75) is 0 Å². The monoisotopic (exact) mass is 529 g/mol. The molecule has 1 fully saturated rings. The summed E-state index contributed by atoms with van der Waals surface area (Å²) in [6, 6.07) is 13.4. The SMILES string of the molecule is COc1cc(N2CCN(C)CC2)ccc1C(=O)Nc1n[nH]c2ccc(Oc3cc(F)cc(F)c3)cc12.Cl. The fourth-order valence-corrected chi connectivity index (χ4v) is 4.18. The van der Waals surface area contributed by atoms with Crippen molar-refractivity contribution in [1.29, 1.82) is 0 Å². The van der Waals surface area contributed by atoms with Crippen LogP contribution in [0.4, 0.5) is 20.3 Å². The summed E-state index contributed by atoms with van der Waals surface area (Å²) in [5.41, 5.74) is 2.02. The van der Waals surface area contributed by atoms with Crippen LogP contribution in [0.2, 0.25) is 0 Å². The van der Waals surface area contributed by atoms with E-state index in [-0.39, 0.29) is 29.9 Å². The summed E-state index contributed by atoms with van der Waals surface area (Å²) in [5, 5.41) is 10.4. The maximum absolute atomic E-state index is 13.5. The quantitative estimate of drug-likeness (QED) is 0.363. The Hall–Kier alpha value is -3.89. The van der Waals surface area contributed by atoms with Gasteiger partial charge in [-0.25, -0.2) is 8.78 Å². The second-order valence-corrected chi connectivity index (χ2v) is 8.62. The lowest BCUT2D eigenvalue weighted by Gasteiger charge is -2.34. The normalized spacial score (nSPS) is 13.8. The number of halogens is 3. The molecular formula is C26H26ClF2N5O3. The Labute approximate surface area is 218 Å². The number of anilines is 2. The molecule has 1 aromatic heterocycles. The van der Waals surface area contributed by atoms with E-state index in [0.717, 1.165) is 50.1 Å². The van der Waals surface area contributed by atoms with Crippen molar-refractivity contribution in [2.24, 2.45) is 0 Å². The van der Waals surface area contributed by atoms with E-state index in [4.69, 9.17) is 9.47 Å². The number of aromatic nitrogens is 2. The first kappa shape index (κ1) is 26.2. The van der Waals surface area contributed by atoms with Crippen LogP contribution >= 0.6 is 12.4 Å². The van der Waals surface area contributed by atoms with Crippen molar-refractivity contribution >= 4 is 40.7 Å². The zero-order valence-electron chi connectivity index (χ0n) is 20.3. The number of nitrogens with zero attached hydrogens (tertiary/aromatic N) is 3. The van der Waals surface area contributed by atoms with Gasteiger partial charge in [-0.3, -0.25) is 9.89 Å². The standard InChI is InChI=1S/C26H25F2N5O3.ClH/c1-32-7-9-33(10-8-32)18-3-5-21(24(14-18)35-2)26(34)29-25-22-15-19(4-6-23(22)30-31-25)36-20-12-16(27)11-17(28)13-20;/h3-6,11-15H,7-10H2,1-2H3,(H2,29,30,31,34);1H. The number of carbonyl (C=O) groups is 1. The van der Waals surface area contributed by atoms with Crippen LogP contribution in [0, 0.1) is 11.6 Å². The van der Waals surface area contributed by atoms with Crippen LogP contribution in [0.25, 0.3) is 10.9 Å². The number of methoxy groups -OCH3 is 1. The van der Waals surface area contributed by atoms with E-state index in [1.807, 2.05) is 12.1 Å². The maximum Gasteiger partial charge on any atom is 0.260 e. The summed E-state index contributed by atoms with van der Waals surface area (Å²) < 4.78 is 38.2. The number of piperazine rings is 1. The summed E-state index contributed by atoms with van der Waals surface area (Å²) in [5.74, 6) is -0.768. The molecule has 3 aromatic carbocycles. The molecule has 8 nitrogen and oxygen atoms in total. The van der Waals surface area contributed by atoms with Gasteiger partial charge in [-0.1, -0.05) is 0 Å². The Bertz CT molecular complexity index is 1400. The summed E-state index contributed by atoms with van der Waals surface area (Å²) in [7, 11) is 3.63. The Morgan fingerprint density at radius 1 is 0.973 bits per heavy atom. The van der Waals surface area contributed by atoms with Gasteiger partial charge in [0.05, 0.1) is 18.2 Å². The van der Waals surface area contributed by atoms with Crippen LogP contribution in [0.15, 0.2) is 54.6 Å². The lowest BCUT2D eigenvalue weighted by atomic mass is 10.1. The van der Waals surface area contributed by atoms with E-state index in [1.54, 1.807) is 24.3 Å². The topological polar surface area (TPSA) is 82.7 Å². The minimum absolute atomic E-state index is 0. The number of hydrogen-bond donors (Lipinski definition) is 2. The highest BCUT2D eigenvalue weighted by atomic mass is 35.5. The molecule has 1 aliphatic rings. The zero-order valence-corrected chi connectivity index (χ0v) is 21.1. The molecular weight excluding hydrogens is 504 g/mol. The van der Waals surface area contributed by atoms with E-state index >= 15 is 0 Å². The number of rotatable bonds is 6. The lowest BCUT2D eigenvalue weighted by molar-refractivity contribution is 0.102. The third-order valence-electron chi connectivity index (χ3n) is 6.14. The molecule has 2 heterocycles. The van der Waals surface area contributed by atoms with Crippen LogP contribution in [0.3, 0.4) is 0 Å². The van der Waals surface area contributed by atoms with Gasteiger partial charge in [0.15, 0.2) is 5.82 Å². The fourth-order valence-electron chi connectivity index (χ4n) is 4.18. The number of benzene rings is 3. The van der Waals surface area contributed by atoms with Crippen LogP contribution < -0.4 is 19.7 Å². The van der Waals surface area contributed by atoms with Gasteiger partial charge in [0.25, 0.3) is 5.91 Å². The van der Waals surface area contributed by atoms with E-state index < -0.39 is 11.6 Å². The lowest BCUT2D eigenvalue weighted by Crippen LogP contribution is -2.44. The first-order chi connectivity index (χ1) is 17.4. The van der Waals surface area contributed by atoms with Gasteiger partial charge < -0.3 is 24.6 Å². The second-order valence-electron chi connectivity index (χ2n) is 8.62. The molecule has 0 bridgehead atoms. The molecule has 0 atom stereocenters. The second kappa shape index (κ2) is 11.0.